The number of aliphatic hydroxyl groups is 1. The highest BCUT2D eigenvalue weighted by atomic mass is 19.4. The third kappa shape index (κ3) is 8.86. The van der Waals surface area contributed by atoms with Crippen LogP contribution in [0.3, 0.4) is 0 Å². The predicted octanol–water partition coefficient (Wildman–Crippen LogP) is 6.64. The number of ether oxygens (including phenoxy) is 4. The average Bonchev–Trinajstić information content (AvgIpc) is 3.72. The highest BCUT2D eigenvalue weighted by Gasteiger charge is 2.47. The Hall–Kier alpha value is -4.95. The van der Waals surface area contributed by atoms with Gasteiger partial charge in [-0.05, 0) is 76.4 Å². The molecule has 7 rings (SSSR count). The summed E-state index contributed by atoms with van der Waals surface area (Å²) in [6.45, 7) is 2.30. The second kappa shape index (κ2) is 17.0. The molecule has 3 aliphatic heterocycles. The number of nitrogens with zero attached hydrogens (tertiary/aromatic N) is 2. The van der Waals surface area contributed by atoms with E-state index in [-0.39, 0.29) is 38.3 Å². The lowest BCUT2D eigenvalue weighted by Crippen LogP contribution is -2.50. The first-order chi connectivity index (χ1) is 27.0. The molecule has 0 radical (unpaired) electrons. The molecule has 296 valence electrons. The highest BCUT2D eigenvalue weighted by molar-refractivity contribution is 5.90. The summed E-state index contributed by atoms with van der Waals surface area (Å²) in [6.07, 6.45) is -3.97. The molecular weight excluding hydrogens is 727 g/mol. The van der Waals surface area contributed by atoms with Crippen molar-refractivity contribution in [2.24, 2.45) is 0 Å². The maximum absolute atomic E-state index is 13.1. The van der Waals surface area contributed by atoms with Crippen LogP contribution in [-0.2, 0) is 45.2 Å². The molecule has 2 saturated heterocycles. The molecule has 56 heavy (non-hydrogen) atoms. The van der Waals surface area contributed by atoms with Crippen LogP contribution in [0.25, 0.3) is 11.1 Å². The number of hydrogen-bond acceptors (Lipinski definition) is 8. The number of aliphatic hydroxyl groups excluding tert-OH is 1. The first-order valence-corrected chi connectivity index (χ1v) is 18.8. The lowest BCUT2D eigenvalue weighted by Gasteiger charge is -2.39. The lowest BCUT2D eigenvalue weighted by atomic mass is 9.96. The first-order valence-electron chi connectivity index (χ1n) is 18.8. The van der Waals surface area contributed by atoms with Crippen LogP contribution < -0.4 is 14.8 Å². The SMILES string of the molecule is COc1cc2c(cc1OC)CN(C[C@H]1C[C@@H](c3ccc(CO)cc3)O[C@@H](c3ccc(-c4cccc(CNC(=O)[C@@H]5CCCN5C(=O)C(F)(F)F)c4)cc3)O1)CC2. The molecule has 2 N–H and O–H groups in total. The normalized spacial score (nSPS) is 21.4. The van der Waals surface area contributed by atoms with Crippen molar-refractivity contribution >= 4 is 11.8 Å². The number of hydrogen-bond donors (Lipinski definition) is 2. The first kappa shape index (κ1) is 39.3. The van der Waals surface area contributed by atoms with Crippen LogP contribution in [0.4, 0.5) is 13.2 Å². The third-order valence-corrected chi connectivity index (χ3v) is 10.8. The summed E-state index contributed by atoms with van der Waals surface area (Å²) in [5.41, 5.74) is 7.72. The fourth-order valence-electron chi connectivity index (χ4n) is 7.86. The molecule has 3 heterocycles. The van der Waals surface area contributed by atoms with E-state index in [9.17, 15) is 27.9 Å². The van der Waals surface area contributed by atoms with Gasteiger partial charge < -0.3 is 34.3 Å². The highest BCUT2D eigenvalue weighted by Crippen LogP contribution is 2.40. The van der Waals surface area contributed by atoms with Crippen LogP contribution in [0.2, 0.25) is 0 Å². The number of benzene rings is 4. The van der Waals surface area contributed by atoms with E-state index in [1.54, 1.807) is 14.2 Å². The van der Waals surface area contributed by atoms with Crippen LogP contribution >= 0.6 is 0 Å². The largest absolute Gasteiger partial charge is 0.493 e. The van der Waals surface area contributed by atoms with E-state index < -0.39 is 30.3 Å². The monoisotopic (exact) mass is 773 g/mol. The van der Waals surface area contributed by atoms with Crippen molar-refractivity contribution in [1.82, 2.24) is 15.1 Å². The molecule has 2 fully saturated rings. The number of nitrogens with one attached hydrogen (secondary N) is 1. The molecule has 0 spiro atoms. The number of amides is 2. The Balaban J connectivity index is 1.03. The fraction of sp³-hybridized carbons (Fsp3) is 0.395. The Bertz CT molecular complexity index is 2010. The Kier molecular flexibility index (Phi) is 12.0. The van der Waals surface area contributed by atoms with Gasteiger partial charge in [0.05, 0.1) is 33.0 Å². The maximum atomic E-state index is 13.1. The summed E-state index contributed by atoms with van der Waals surface area (Å²) in [6, 6.07) is 26.3. The molecule has 13 heteroatoms. The summed E-state index contributed by atoms with van der Waals surface area (Å²) in [4.78, 5) is 27.7. The summed E-state index contributed by atoms with van der Waals surface area (Å²) in [5, 5.41) is 12.3. The number of carbonyl (C=O) groups is 2. The number of likely N-dealkylation sites (tertiary alicyclic amines) is 1. The summed E-state index contributed by atoms with van der Waals surface area (Å²) < 4.78 is 63.6. The van der Waals surface area contributed by atoms with Crippen molar-refractivity contribution in [3.05, 3.63) is 118 Å². The topological polar surface area (TPSA) is 110 Å². The van der Waals surface area contributed by atoms with Crippen LogP contribution in [-0.4, -0.2) is 78.9 Å². The molecule has 0 aliphatic carbocycles. The van der Waals surface area contributed by atoms with E-state index in [4.69, 9.17) is 18.9 Å². The minimum atomic E-state index is -5.02. The van der Waals surface area contributed by atoms with Crippen molar-refractivity contribution in [2.45, 2.75) is 76.1 Å². The van der Waals surface area contributed by atoms with Gasteiger partial charge in [0.1, 0.15) is 6.04 Å². The van der Waals surface area contributed by atoms with Gasteiger partial charge in [0.25, 0.3) is 0 Å². The van der Waals surface area contributed by atoms with Crippen LogP contribution in [0, 0.1) is 0 Å². The standard InChI is InChI=1S/C43H46F3N3O7/c1-53-38-20-33-16-18-48(24-34(33)21-39(38)54-2)25-35-22-37(30-10-8-27(26-50)9-11-30)56-41(55-35)31-14-12-29(13-15-31)32-6-3-5-28(19-32)23-47-40(51)36-7-4-17-49(36)42(52)43(44,45)46/h3,5-6,8-15,19-21,35-37,41,50H,4,7,16-18,22-26H2,1-2H3,(H,47,51)/t35-,36+,37+,41+/m1/s1. The van der Waals surface area contributed by atoms with Crippen molar-refractivity contribution < 1.29 is 46.8 Å². The number of carbonyl (C=O) groups excluding carboxylic acids is 2. The summed E-state index contributed by atoms with van der Waals surface area (Å²) in [5.74, 6) is -1.15. The van der Waals surface area contributed by atoms with E-state index in [0.29, 0.717) is 30.0 Å². The lowest BCUT2D eigenvalue weighted by molar-refractivity contribution is -0.253. The van der Waals surface area contributed by atoms with Crippen molar-refractivity contribution in [2.75, 3.05) is 33.9 Å². The van der Waals surface area contributed by atoms with Crippen molar-refractivity contribution in [3.8, 4) is 22.6 Å². The van der Waals surface area contributed by atoms with Gasteiger partial charge >= 0.3 is 12.1 Å². The molecule has 2 amide bonds. The number of alkyl halides is 3. The molecular formula is C43H46F3N3O7. The zero-order chi connectivity index (χ0) is 39.4. The van der Waals surface area contributed by atoms with Gasteiger partial charge in [0.2, 0.25) is 5.91 Å². The van der Waals surface area contributed by atoms with E-state index in [0.717, 1.165) is 58.6 Å². The van der Waals surface area contributed by atoms with E-state index in [1.807, 2.05) is 72.8 Å². The number of fused-ring (bicyclic) bond motifs is 1. The summed E-state index contributed by atoms with van der Waals surface area (Å²) >= 11 is 0. The van der Waals surface area contributed by atoms with E-state index in [1.165, 1.54) is 11.1 Å². The molecule has 4 atom stereocenters. The zero-order valence-corrected chi connectivity index (χ0v) is 31.4. The van der Waals surface area contributed by atoms with E-state index >= 15 is 0 Å². The Morgan fingerprint density at radius 2 is 1.57 bits per heavy atom. The van der Waals surface area contributed by atoms with Gasteiger partial charge in [-0.1, -0.05) is 66.7 Å². The quantitative estimate of drug-likeness (QED) is 0.175. The van der Waals surface area contributed by atoms with Crippen molar-refractivity contribution in [1.29, 1.82) is 0 Å². The second-order valence-electron chi connectivity index (χ2n) is 14.5. The molecule has 0 aromatic heterocycles. The molecule has 3 aliphatic rings. The molecule has 4 aromatic carbocycles. The number of halogens is 3. The maximum Gasteiger partial charge on any atom is 0.471 e. The van der Waals surface area contributed by atoms with Crippen molar-refractivity contribution in [3.63, 3.8) is 0 Å². The fourth-order valence-corrected chi connectivity index (χ4v) is 7.86. The zero-order valence-electron chi connectivity index (χ0n) is 31.4. The van der Waals surface area contributed by atoms with Gasteiger partial charge in [-0.15, -0.1) is 0 Å². The molecule has 0 bridgehead atoms. The smallest absolute Gasteiger partial charge is 0.471 e. The van der Waals surface area contributed by atoms with Gasteiger partial charge in [0, 0.05) is 44.7 Å². The summed E-state index contributed by atoms with van der Waals surface area (Å²) in [7, 11) is 3.29. The molecule has 10 nitrogen and oxygen atoms in total. The van der Waals surface area contributed by atoms with Crippen LogP contribution in [0.5, 0.6) is 11.5 Å². The van der Waals surface area contributed by atoms with Crippen LogP contribution in [0.15, 0.2) is 84.9 Å². The van der Waals surface area contributed by atoms with Gasteiger partial charge in [-0.25, -0.2) is 0 Å². The van der Waals surface area contributed by atoms with E-state index in [2.05, 4.69) is 22.3 Å². The number of methoxy groups -OCH3 is 2. The molecule has 0 saturated carbocycles. The molecule has 4 aromatic rings. The average molecular weight is 774 g/mol. The minimum absolute atomic E-state index is 0.0378. The second-order valence-corrected chi connectivity index (χ2v) is 14.5. The minimum Gasteiger partial charge on any atom is -0.493 e. The van der Waals surface area contributed by atoms with Gasteiger partial charge in [-0.2, -0.15) is 13.2 Å². The Morgan fingerprint density at radius 3 is 2.27 bits per heavy atom. The molecule has 0 unspecified atom stereocenters. The number of rotatable bonds is 11. The van der Waals surface area contributed by atoms with Gasteiger partial charge in [-0.3, -0.25) is 14.5 Å². The predicted molar refractivity (Wildman–Crippen MR) is 201 cm³/mol. The van der Waals surface area contributed by atoms with Gasteiger partial charge in [0.15, 0.2) is 17.8 Å². The Morgan fingerprint density at radius 1 is 0.857 bits per heavy atom. The van der Waals surface area contributed by atoms with Crippen LogP contribution in [0.1, 0.15) is 65.0 Å². The Labute approximate surface area is 324 Å². The third-order valence-electron chi connectivity index (χ3n) is 10.8.